The van der Waals surface area contributed by atoms with Gasteiger partial charge in [-0.15, -0.1) is 0 Å². The molecule has 3 rings (SSSR count). The zero-order valence-corrected chi connectivity index (χ0v) is 14.2. The van der Waals surface area contributed by atoms with Gasteiger partial charge in [-0.3, -0.25) is 4.79 Å². The van der Waals surface area contributed by atoms with Crippen LogP contribution in [0.1, 0.15) is 45.2 Å². The predicted octanol–water partition coefficient (Wildman–Crippen LogP) is 4.57. The molecule has 118 valence electrons. The molecule has 1 fully saturated rings. The van der Waals surface area contributed by atoms with E-state index in [1.54, 1.807) is 0 Å². The number of halogens is 1. The Labute approximate surface area is 136 Å². The molecule has 1 aromatic carbocycles. The maximum Gasteiger partial charge on any atom is 0.227 e. The minimum absolute atomic E-state index is 0.247. The van der Waals surface area contributed by atoms with Crippen LogP contribution < -0.4 is 0 Å². The van der Waals surface area contributed by atoms with E-state index < -0.39 is 0 Å². The number of amides is 1. The number of hydrogen-bond donors (Lipinski definition) is 1. The number of rotatable bonds is 1. The van der Waals surface area contributed by atoms with E-state index in [1.165, 1.54) is 5.69 Å². The second-order valence-corrected chi connectivity index (χ2v) is 7.73. The summed E-state index contributed by atoms with van der Waals surface area (Å²) in [4.78, 5) is 18.0. The van der Waals surface area contributed by atoms with Crippen LogP contribution in [0.3, 0.4) is 0 Å². The summed E-state index contributed by atoms with van der Waals surface area (Å²) >= 11 is 6.06. The molecule has 1 aromatic heterocycles. The molecule has 22 heavy (non-hydrogen) atoms. The van der Waals surface area contributed by atoms with Gasteiger partial charge in [0.2, 0.25) is 5.91 Å². The summed E-state index contributed by atoms with van der Waals surface area (Å²) in [6, 6.07) is 8.08. The lowest BCUT2D eigenvalue weighted by Crippen LogP contribution is -2.44. The average molecular weight is 319 g/mol. The van der Waals surface area contributed by atoms with Crippen molar-refractivity contribution >= 4 is 28.4 Å². The molecule has 2 aromatic rings. The predicted molar refractivity (Wildman–Crippen MR) is 91.3 cm³/mol. The molecule has 3 nitrogen and oxygen atoms in total. The van der Waals surface area contributed by atoms with Crippen LogP contribution in [0.2, 0.25) is 5.02 Å². The van der Waals surface area contributed by atoms with Crippen molar-refractivity contribution in [1.82, 2.24) is 9.88 Å². The van der Waals surface area contributed by atoms with Crippen molar-refractivity contribution in [3.8, 4) is 0 Å². The maximum atomic E-state index is 12.5. The number of aromatic nitrogens is 1. The standard InChI is InChI=1S/C18H23ClN2O/c1-18(2,3)17(22)21-8-4-5-12(11-21)16-10-13-9-14(19)6-7-15(13)20-16/h6-7,9-10,12,20H,4-5,8,11H2,1-3H3. The molecule has 0 radical (unpaired) electrons. The van der Waals surface area contributed by atoms with Crippen LogP contribution in [0.15, 0.2) is 24.3 Å². The van der Waals surface area contributed by atoms with Gasteiger partial charge in [0.1, 0.15) is 0 Å². The van der Waals surface area contributed by atoms with Crippen molar-refractivity contribution in [3.05, 3.63) is 35.0 Å². The molecule has 0 spiro atoms. The largest absolute Gasteiger partial charge is 0.358 e. The third-order valence-electron chi connectivity index (χ3n) is 4.39. The van der Waals surface area contributed by atoms with Gasteiger partial charge in [0.25, 0.3) is 0 Å². The number of nitrogens with zero attached hydrogens (tertiary/aromatic N) is 1. The van der Waals surface area contributed by atoms with Gasteiger partial charge in [-0.05, 0) is 37.1 Å². The summed E-state index contributed by atoms with van der Waals surface area (Å²) in [5.41, 5.74) is 2.01. The number of carbonyl (C=O) groups excluding carboxylic acids is 1. The lowest BCUT2D eigenvalue weighted by molar-refractivity contribution is -0.140. The highest BCUT2D eigenvalue weighted by atomic mass is 35.5. The number of piperidine rings is 1. The molecule has 1 unspecified atom stereocenters. The topological polar surface area (TPSA) is 36.1 Å². The number of likely N-dealkylation sites (tertiary alicyclic amines) is 1. The maximum absolute atomic E-state index is 12.5. The van der Waals surface area contributed by atoms with Gasteiger partial charge in [-0.1, -0.05) is 32.4 Å². The SMILES string of the molecule is CC(C)(C)C(=O)N1CCCC(c2cc3cc(Cl)ccc3[nH]2)C1. The van der Waals surface area contributed by atoms with Gasteiger partial charge in [-0.2, -0.15) is 0 Å². The second kappa shape index (κ2) is 5.62. The molecule has 1 amide bonds. The van der Waals surface area contributed by atoms with Crippen molar-refractivity contribution in [2.45, 2.75) is 39.5 Å². The molecule has 2 heterocycles. The third kappa shape index (κ3) is 3.00. The lowest BCUT2D eigenvalue weighted by Gasteiger charge is -2.36. The Kier molecular flexibility index (Phi) is 3.94. The molecule has 1 N–H and O–H groups in total. The fraction of sp³-hybridized carbons (Fsp3) is 0.500. The van der Waals surface area contributed by atoms with Gasteiger partial charge >= 0.3 is 0 Å². The molecule has 0 bridgehead atoms. The van der Waals surface area contributed by atoms with Gasteiger partial charge in [-0.25, -0.2) is 0 Å². The first-order valence-corrected chi connectivity index (χ1v) is 8.30. The van der Waals surface area contributed by atoms with Crippen LogP contribution in [0.25, 0.3) is 10.9 Å². The summed E-state index contributed by atoms with van der Waals surface area (Å²) in [6.07, 6.45) is 2.18. The second-order valence-electron chi connectivity index (χ2n) is 7.30. The number of nitrogens with one attached hydrogen (secondary N) is 1. The Bertz CT molecular complexity index is 699. The molecule has 4 heteroatoms. The van der Waals surface area contributed by atoms with Gasteiger partial charge in [0, 0.05) is 46.0 Å². The number of hydrogen-bond acceptors (Lipinski definition) is 1. The Balaban J connectivity index is 1.83. The molecule has 1 aliphatic heterocycles. The fourth-order valence-electron chi connectivity index (χ4n) is 3.24. The number of fused-ring (bicyclic) bond motifs is 1. The summed E-state index contributed by atoms with van der Waals surface area (Å²) in [6.45, 7) is 7.65. The Morgan fingerprint density at radius 1 is 1.32 bits per heavy atom. The van der Waals surface area contributed by atoms with E-state index in [9.17, 15) is 4.79 Å². The number of H-pyrrole nitrogens is 1. The Morgan fingerprint density at radius 3 is 2.82 bits per heavy atom. The van der Waals surface area contributed by atoms with Crippen LogP contribution in [-0.4, -0.2) is 28.9 Å². The first-order valence-electron chi connectivity index (χ1n) is 7.92. The average Bonchev–Trinajstić information content (AvgIpc) is 2.88. The van der Waals surface area contributed by atoms with Crippen LogP contribution in [-0.2, 0) is 4.79 Å². The molecular weight excluding hydrogens is 296 g/mol. The van der Waals surface area contributed by atoms with E-state index in [0.717, 1.165) is 41.9 Å². The van der Waals surface area contributed by atoms with Crippen molar-refractivity contribution in [3.63, 3.8) is 0 Å². The molecule has 1 atom stereocenters. The molecule has 1 saturated heterocycles. The smallest absolute Gasteiger partial charge is 0.227 e. The zero-order chi connectivity index (χ0) is 15.9. The zero-order valence-electron chi connectivity index (χ0n) is 13.4. The number of carbonyl (C=O) groups is 1. The van der Waals surface area contributed by atoms with Crippen molar-refractivity contribution in [1.29, 1.82) is 0 Å². The van der Waals surface area contributed by atoms with Crippen LogP contribution in [0.5, 0.6) is 0 Å². The molecule has 1 aliphatic rings. The van der Waals surface area contributed by atoms with Gasteiger partial charge < -0.3 is 9.88 Å². The quantitative estimate of drug-likeness (QED) is 0.821. The monoisotopic (exact) mass is 318 g/mol. The number of benzene rings is 1. The Hall–Kier alpha value is -1.48. The number of aromatic amines is 1. The van der Waals surface area contributed by atoms with E-state index in [2.05, 4.69) is 11.1 Å². The van der Waals surface area contributed by atoms with Gasteiger partial charge in [0.05, 0.1) is 0 Å². The minimum Gasteiger partial charge on any atom is -0.358 e. The van der Waals surface area contributed by atoms with Crippen molar-refractivity contribution in [2.24, 2.45) is 5.41 Å². The summed E-state index contributed by atoms with van der Waals surface area (Å²) < 4.78 is 0. The molecule has 0 saturated carbocycles. The van der Waals surface area contributed by atoms with Crippen molar-refractivity contribution in [2.75, 3.05) is 13.1 Å². The van der Waals surface area contributed by atoms with E-state index in [-0.39, 0.29) is 11.3 Å². The van der Waals surface area contributed by atoms with Crippen LogP contribution >= 0.6 is 11.6 Å². The van der Waals surface area contributed by atoms with Crippen LogP contribution in [0.4, 0.5) is 0 Å². The molecule has 0 aliphatic carbocycles. The van der Waals surface area contributed by atoms with E-state index in [0.29, 0.717) is 5.92 Å². The summed E-state index contributed by atoms with van der Waals surface area (Å²) in [7, 11) is 0. The highest BCUT2D eigenvalue weighted by Crippen LogP contribution is 2.31. The van der Waals surface area contributed by atoms with E-state index in [1.807, 2.05) is 43.9 Å². The highest BCUT2D eigenvalue weighted by Gasteiger charge is 2.31. The third-order valence-corrected chi connectivity index (χ3v) is 4.63. The first-order chi connectivity index (χ1) is 10.3. The molecular formula is C18H23ClN2O. The first kappa shape index (κ1) is 15.4. The minimum atomic E-state index is -0.310. The fourth-order valence-corrected chi connectivity index (χ4v) is 3.42. The van der Waals surface area contributed by atoms with E-state index >= 15 is 0 Å². The van der Waals surface area contributed by atoms with Crippen molar-refractivity contribution < 1.29 is 4.79 Å². The summed E-state index contributed by atoms with van der Waals surface area (Å²) in [5, 5.41) is 1.90. The van der Waals surface area contributed by atoms with Crippen LogP contribution in [0, 0.1) is 5.41 Å². The lowest BCUT2D eigenvalue weighted by atomic mass is 9.90. The summed E-state index contributed by atoms with van der Waals surface area (Å²) in [5.74, 6) is 0.627. The highest BCUT2D eigenvalue weighted by molar-refractivity contribution is 6.31. The van der Waals surface area contributed by atoms with Gasteiger partial charge in [0.15, 0.2) is 0 Å². The van der Waals surface area contributed by atoms with E-state index in [4.69, 9.17) is 11.6 Å². The normalized spacial score (nSPS) is 19.6. The Morgan fingerprint density at radius 2 is 2.09 bits per heavy atom.